The van der Waals surface area contributed by atoms with E-state index < -0.39 is 0 Å². The molecule has 4 bridgehead atoms. The third-order valence-corrected chi connectivity index (χ3v) is 10.2. The number of benzene rings is 1. The fourth-order valence-corrected chi connectivity index (χ4v) is 8.49. The summed E-state index contributed by atoms with van der Waals surface area (Å²) in [6, 6.07) is 10.9. The number of rotatable bonds is 11. The Balaban J connectivity index is 1.06. The van der Waals surface area contributed by atoms with Crippen molar-refractivity contribution in [1.82, 2.24) is 20.2 Å². The number of hydrogen-bond donors (Lipinski definition) is 4. The highest BCUT2D eigenvalue weighted by atomic mass is 35.5. The largest absolute Gasteiger partial charge is 0.395 e. The molecule has 4 saturated carbocycles. The van der Waals surface area contributed by atoms with Gasteiger partial charge in [0.05, 0.1) is 12.8 Å². The third-order valence-electron chi connectivity index (χ3n) is 9.82. The maximum absolute atomic E-state index is 9.71. The molecule has 4 N–H and O–H groups in total. The Hall–Kier alpha value is -2.44. The Morgan fingerprint density at radius 3 is 2.74 bits per heavy atom. The van der Waals surface area contributed by atoms with E-state index in [1.807, 2.05) is 24.3 Å². The van der Waals surface area contributed by atoms with E-state index in [1.165, 1.54) is 38.5 Å². The van der Waals surface area contributed by atoms with Gasteiger partial charge in [0.25, 0.3) is 0 Å². The number of nitrogens with one attached hydrogen (secondary N) is 3. The van der Waals surface area contributed by atoms with Crippen LogP contribution in [0.25, 0.3) is 0 Å². The predicted octanol–water partition coefficient (Wildman–Crippen LogP) is 4.27. The molecule has 8 nitrogen and oxygen atoms in total. The molecule has 7 rings (SSSR count). The van der Waals surface area contributed by atoms with Crippen LogP contribution < -0.4 is 16.0 Å². The molecular weight excluding hydrogens is 510 g/mol. The molecule has 1 saturated heterocycles. The lowest BCUT2D eigenvalue weighted by Gasteiger charge is -2.60. The predicted molar refractivity (Wildman–Crippen MR) is 153 cm³/mol. The summed E-state index contributed by atoms with van der Waals surface area (Å²) in [5.41, 5.74) is 1.73. The molecule has 208 valence electrons. The number of nitrogens with zero attached hydrogens (tertiary/aromatic N) is 4. The molecule has 0 spiro atoms. The first-order chi connectivity index (χ1) is 19.1. The van der Waals surface area contributed by atoms with Gasteiger partial charge in [-0.3, -0.25) is 4.90 Å². The molecule has 0 amide bonds. The molecule has 3 unspecified atom stereocenters. The second-order valence-electron chi connectivity index (χ2n) is 12.3. The quantitative estimate of drug-likeness (QED) is 0.329. The zero-order chi connectivity index (χ0) is 26.8. The van der Waals surface area contributed by atoms with E-state index >= 15 is 0 Å². The topological polar surface area (TPSA) is 109 Å². The number of likely N-dealkylation sites (tertiary alicyclic amines) is 1. The van der Waals surface area contributed by atoms with E-state index in [2.05, 4.69) is 36.9 Å². The highest BCUT2D eigenvalue weighted by Crippen LogP contribution is 2.60. The van der Waals surface area contributed by atoms with Crippen molar-refractivity contribution in [2.24, 2.45) is 23.2 Å². The van der Waals surface area contributed by atoms with Crippen molar-refractivity contribution in [3.05, 3.63) is 46.6 Å². The fourth-order valence-electron chi connectivity index (χ4n) is 8.28. The van der Waals surface area contributed by atoms with Crippen molar-refractivity contribution in [1.29, 1.82) is 5.26 Å². The molecule has 2 aromatic rings. The van der Waals surface area contributed by atoms with Gasteiger partial charge in [-0.15, -0.1) is 0 Å². The summed E-state index contributed by atoms with van der Waals surface area (Å²) in [5, 5.41) is 30.9. The molecule has 5 fully saturated rings. The van der Waals surface area contributed by atoms with Crippen LogP contribution in [0.2, 0.25) is 5.02 Å². The van der Waals surface area contributed by atoms with Crippen LogP contribution in [0.4, 0.5) is 11.8 Å². The average molecular weight is 550 g/mol. The third kappa shape index (κ3) is 5.74. The SMILES string of the molecule is N#Cc1cnc(NCc2ccccc2Cl)nc1NCC12CC3C[C@H](C1)C(NCCN1CCC[C@H]1CO)[C@@H](C3)C2. The molecule has 1 aromatic heterocycles. The Morgan fingerprint density at radius 1 is 1.15 bits per heavy atom. The van der Waals surface area contributed by atoms with Crippen molar-refractivity contribution >= 4 is 23.4 Å². The number of aliphatic hydroxyl groups excluding tert-OH is 1. The first-order valence-electron chi connectivity index (χ1n) is 14.6. The van der Waals surface area contributed by atoms with E-state index in [-0.39, 0.29) is 12.0 Å². The number of nitriles is 1. The Kier molecular flexibility index (Phi) is 7.95. The number of anilines is 2. The highest BCUT2D eigenvalue weighted by Gasteiger charge is 2.55. The normalized spacial score (nSPS) is 31.4. The molecule has 6 atom stereocenters. The van der Waals surface area contributed by atoms with Crippen molar-refractivity contribution in [3.63, 3.8) is 0 Å². The molecule has 1 aromatic carbocycles. The molecule has 0 radical (unpaired) electrons. The van der Waals surface area contributed by atoms with Gasteiger partial charge in [0.2, 0.25) is 5.95 Å². The van der Waals surface area contributed by atoms with Gasteiger partial charge in [-0.05, 0) is 86.3 Å². The van der Waals surface area contributed by atoms with Gasteiger partial charge in [-0.2, -0.15) is 10.2 Å². The number of aliphatic hydroxyl groups is 1. The Labute approximate surface area is 236 Å². The summed E-state index contributed by atoms with van der Waals surface area (Å²) in [7, 11) is 0. The summed E-state index contributed by atoms with van der Waals surface area (Å²) >= 11 is 6.30. The standard InChI is InChI=1S/C30H40ClN7O/c31-26-6-2-1-4-21(26)16-34-29-35-17-24(15-32)28(37-29)36-19-30-12-20-10-22(13-30)27(23(11-20)14-30)33-7-9-38-8-3-5-25(38)18-39/h1-2,4,6,17,20,22-23,25,27,33,39H,3,5,7-14,16,18-19H2,(H2,34,35,36,37)/t20?,22-,23+,25-,27?,30?/m0/s1. The highest BCUT2D eigenvalue weighted by molar-refractivity contribution is 6.31. The molecule has 2 heterocycles. The van der Waals surface area contributed by atoms with Crippen molar-refractivity contribution in [2.45, 2.75) is 63.6 Å². The van der Waals surface area contributed by atoms with E-state index in [4.69, 9.17) is 11.6 Å². The summed E-state index contributed by atoms with van der Waals surface area (Å²) in [6.45, 7) is 4.82. The number of halogens is 1. The molecule has 1 aliphatic heterocycles. The minimum absolute atomic E-state index is 0.272. The summed E-state index contributed by atoms with van der Waals surface area (Å²) in [6.07, 6.45) is 10.4. The van der Waals surface area contributed by atoms with Gasteiger partial charge in [0.15, 0.2) is 0 Å². The fraction of sp³-hybridized carbons (Fsp3) is 0.633. The van der Waals surface area contributed by atoms with Crippen LogP contribution in [0.3, 0.4) is 0 Å². The maximum Gasteiger partial charge on any atom is 0.224 e. The first-order valence-corrected chi connectivity index (χ1v) is 15.0. The minimum atomic E-state index is 0.272. The van der Waals surface area contributed by atoms with Gasteiger partial charge >= 0.3 is 0 Å². The smallest absolute Gasteiger partial charge is 0.224 e. The van der Waals surface area contributed by atoms with Crippen LogP contribution in [0.15, 0.2) is 30.5 Å². The van der Waals surface area contributed by atoms with Crippen molar-refractivity contribution < 1.29 is 5.11 Å². The summed E-state index contributed by atoms with van der Waals surface area (Å²) in [4.78, 5) is 11.5. The average Bonchev–Trinajstić information content (AvgIpc) is 3.40. The van der Waals surface area contributed by atoms with E-state index in [9.17, 15) is 10.4 Å². The lowest BCUT2D eigenvalue weighted by Crippen LogP contribution is -2.60. The lowest BCUT2D eigenvalue weighted by molar-refractivity contribution is -0.0696. The van der Waals surface area contributed by atoms with E-state index in [0.29, 0.717) is 41.0 Å². The van der Waals surface area contributed by atoms with E-state index in [1.54, 1.807) is 6.20 Å². The van der Waals surface area contributed by atoms with Crippen molar-refractivity contribution in [3.8, 4) is 6.07 Å². The molecule has 5 aliphatic rings. The number of aromatic nitrogens is 2. The van der Waals surface area contributed by atoms with Crippen LogP contribution in [-0.4, -0.2) is 64.8 Å². The van der Waals surface area contributed by atoms with Crippen LogP contribution in [-0.2, 0) is 6.54 Å². The second-order valence-corrected chi connectivity index (χ2v) is 12.7. The minimum Gasteiger partial charge on any atom is -0.395 e. The molecular formula is C30H40ClN7O. The molecule has 39 heavy (non-hydrogen) atoms. The van der Waals surface area contributed by atoms with Crippen LogP contribution in [0, 0.1) is 34.5 Å². The van der Waals surface area contributed by atoms with Gasteiger partial charge < -0.3 is 21.1 Å². The zero-order valence-electron chi connectivity index (χ0n) is 22.6. The van der Waals surface area contributed by atoms with Gasteiger partial charge in [0, 0.05) is 43.3 Å². The molecule has 9 heteroatoms. The van der Waals surface area contributed by atoms with Gasteiger partial charge in [-0.25, -0.2) is 4.98 Å². The van der Waals surface area contributed by atoms with Crippen LogP contribution in [0.1, 0.15) is 56.1 Å². The summed E-state index contributed by atoms with van der Waals surface area (Å²) < 4.78 is 0. The van der Waals surface area contributed by atoms with Crippen LogP contribution in [0.5, 0.6) is 0 Å². The van der Waals surface area contributed by atoms with Gasteiger partial charge in [0.1, 0.15) is 17.5 Å². The van der Waals surface area contributed by atoms with Gasteiger partial charge in [-0.1, -0.05) is 29.8 Å². The zero-order valence-corrected chi connectivity index (χ0v) is 23.3. The summed E-state index contributed by atoms with van der Waals surface area (Å²) in [5.74, 6) is 3.36. The van der Waals surface area contributed by atoms with E-state index in [0.717, 1.165) is 55.9 Å². The maximum atomic E-state index is 9.71. The molecule has 4 aliphatic carbocycles. The van der Waals surface area contributed by atoms with Crippen molar-refractivity contribution in [2.75, 3.05) is 43.4 Å². The van der Waals surface area contributed by atoms with Crippen LogP contribution >= 0.6 is 11.6 Å². The lowest BCUT2D eigenvalue weighted by atomic mass is 9.48. The monoisotopic (exact) mass is 549 g/mol. The Bertz CT molecular complexity index is 1190. The number of hydrogen-bond acceptors (Lipinski definition) is 8. The second kappa shape index (κ2) is 11.6. The first kappa shape index (κ1) is 26.8. The Morgan fingerprint density at radius 2 is 1.97 bits per heavy atom.